The molecule has 1 spiro atoms. The van der Waals surface area contributed by atoms with Crippen molar-refractivity contribution >= 4 is 0 Å². The number of benzene rings is 1. The summed E-state index contributed by atoms with van der Waals surface area (Å²) in [6.45, 7) is 8.97. The molecule has 26 heavy (non-hydrogen) atoms. The zero-order chi connectivity index (χ0) is 17.4. The van der Waals surface area contributed by atoms with E-state index in [-0.39, 0.29) is 0 Å². The lowest BCUT2D eigenvalue weighted by molar-refractivity contribution is -0.176. The highest BCUT2D eigenvalue weighted by Gasteiger charge is 2.55. The molecule has 0 aromatic heterocycles. The van der Waals surface area contributed by atoms with Crippen LogP contribution in [0.25, 0.3) is 0 Å². The molecule has 4 heteroatoms. The normalized spacial score (nSPS) is 30.8. The van der Waals surface area contributed by atoms with Crippen molar-refractivity contribution in [2.24, 2.45) is 0 Å². The van der Waals surface area contributed by atoms with E-state index in [0.29, 0.717) is 11.6 Å². The Morgan fingerprint density at radius 1 is 0.962 bits per heavy atom. The van der Waals surface area contributed by atoms with Gasteiger partial charge in [-0.1, -0.05) is 49.6 Å². The minimum absolute atomic E-state index is 0.374. The molecule has 4 aliphatic rings. The van der Waals surface area contributed by atoms with Gasteiger partial charge in [-0.3, -0.25) is 14.7 Å². The summed E-state index contributed by atoms with van der Waals surface area (Å²) < 4.78 is 5.86. The molecule has 1 aromatic carbocycles. The maximum Gasteiger partial charge on any atom is 0.0635 e. The van der Waals surface area contributed by atoms with Crippen molar-refractivity contribution in [2.75, 3.05) is 45.9 Å². The highest BCUT2D eigenvalue weighted by atomic mass is 16.5. The number of hydrogen-bond donors (Lipinski definition) is 0. The lowest BCUT2D eigenvalue weighted by Gasteiger charge is -2.65. The summed E-state index contributed by atoms with van der Waals surface area (Å²) in [6, 6.07) is 12.4. The van der Waals surface area contributed by atoms with Crippen LogP contribution in [0, 0.1) is 0 Å². The van der Waals surface area contributed by atoms with Gasteiger partial charge in [0.2, 0.25) is 0 Å². The fourth-order valence-electron chi connectivity index (χ4n) is 5.96. The molecule has 3 heterocycles. The van der Waals surface area contributed by atoms with Crippen molar-refractivity contribution in [3.8, 4) is 0 Å². The number of ether oxygens (including phenoxy) is 1. The Morgan fingerprint density at radius 2 is 1.77 bits per heavy atom. The quantitative estimate of drug-likeness (QED) is 0.829. The Morgan fingerprint density at radius 3 is 2.58 bits per heavy atom. The molecule has 0 bridgehead atoms. The van der Waals surface area contributed by atoms with Crippen LogP contribution in [0.4, 0.5) is 0 Å². The van der Waals surface area contributed by atoms with Gasteiger partial charge >= 0.3 is 0 Å². The summed E-state index contributed by atoms with van der Waals surface area (Å²) in [6.07, 6.45) is 7.18. The molecule has 3 saturated heterocycles. The van der Waals surface area contributed by atoms with Crippen molar-refractivity contribution < 1.29 is 4.74 Å². The maximum absolute atomic E-state index is 5.86. The Labute approximate surface area is 158 Å². The smallest absolute Gasteiger partial charge is 0.0635 e. The first-order chi connectivity index (χ1) is 12.8. The van der Waals surface area contributed by atoms with E-state index in [1.807, 2.05) is 0 Å². The van der Waals surface area contributed by atoms with Gasteiger partial charge in [0.25, 0.3) is 0 Å². The molecule has 3 aliphatic heterocycles. The van der Waals surface area contributed by atoms with Crippen LogP contribution in [0.5, 0.6) is 0 Å². The van der Waals surface area contributed by atoms with E-state index in [0.717, 1.165) is 38.9 Å². The van der Waals surface area contributed by atoms with Gasteiger partial charge in [-0.05, 0) is 18.4 Å². The number of fused-ring (bicyclic) bond motifs is 2. The number of piperazine rings is 1. The van der Waals surface area contributed by atoms with E-state index in [1.54, 1.807) is 0 Å². The van der Waals surface area contributed by atoms with Crippen molar-refractivity contribution in [1.29, 1.82) is 0 Å². The average Bonchev–Trinajstić information content (AvgIpc) is 2.67. The van der Waals surface area contributed by atoms with E-state index in [9.17, 15) is 0 Å². The summed E-state index contributed by atoms with van der Waals surface area (Å²) in [5, 5.41) is 0. The van der Waals surface area contributed by atoms with Gasteiger partial charge in [-0.2, -0.15) is 0 Å². The topological polar surface area (TPSA) is 19.0 Å². The van der Waals surface area contributed by atoms with E-state index in [2.05, 4.69) is 45.0 Å². The molecule has 0 radical (unpaired) electrons. The van der Waals surface area contributed by atoms with E-state index in [1.165, 1.54) is 57.3 Å². The van der Waals surface area contributed by atoms with Crippen LogP contribution in [0.2, 0.25) is 0 Å². The third-order valence-corrected chi connectivity index (χ3v) is 7.16. The second-order valence-corrected chi connectivity index (χ2v) is 9.00. The second kappa shape index (κ2) is 7.23. The Hall–Kier alpha value is -0.940. The molecule has 1 aromatic rings. The van der Waals surface area contributed by atoms with Crippen molar-refractivity contribution in [3.63, 3.8) is 0 Å². The van der Waals surface area contributed by atoms with Crippen LogP contribution >= 0.6 is 0 Å². The first-order valence-electron chi connectivity index (χ1n) is 10.7. The molecule has 1 aliphatic carbocycles. The Kier molecular flexibility index (Phi) is 4.78. The number of hydrogen-bond acceptors (Lipinski definition) is 4. The Bertz CT molecular complexity index is 595. The number of rotatable bonds is 3. The van der Waals surface area contributed by atoms with Gasteiger partial charge in [0.05, 0.1) is 18.8 Å². The number of nitrogens with zero attached hydrogens (tertiary/aromatic N) is 3. The summed E-state index contributed by atoms with van der Waals surface area (Å²) in [5.41, 5.74) is 1.81. The van der Waals surface area contributed by atoms with Gasteiger partial charge in [0.1, 0.15) is 0 Å². The fourth-order valence-corrected chi connectivity index (χ4v) is 5.96. The summed E-state index contributed by atoms with van der Waals surface area (Å²) in [5.74, 6) is 0. The van der Waals surface area contributed by atoms with Crippen LogP contribution in [0.15, 0.2) is 30.3 Å². The molecule has 5 rings (SSSR count). The van der Waals surface area contributed by atoms with Gasteiger partial charge in [-0.25, -0.2) is 0 Å². The molecule has 1 unspecified atom stereocenters. The predicted molar refractivity (Wildman–Crippen MR) is 104 cm³/mol. The van der Waals surface area contributed by atoms with Crippen LogP contribution < -0.4 is 0 Å². The first kappa shape index (κ1) is 17.2. The minimum atomic E-state index is 0.374. The summed E-state index contributed by atoms with van der Waals surface area (Å²) >= 11 is 0. The lowest BCUT2D eigenvalue weighted by atomic mass is 9.79. The lowest BCUT2D eigenvalue weighted by Crippen LogP contribution is -2.81. The van der Waals surface area contributed by atoms with Crippen LogP contribution in [-0.2, 0) is 11.3 Å². The molecule has 0 N–H and O–H groups in total. The number of likely N-dealkylation sites (tertiary alicyclic amines) is 1. The third kappa shape index (κ3) is 3.22. The predicted octanol–water partition coefficient (Wildman–Crippen LogP) is 2.59. The molecule has 1 saturated carbocycles. The SMILES string of the molecule is c1ccc(CN2CC3COCCN3C3(C2)CN(C2CCCCC2)C3)cc1. The highest BCUT2D eigenvalue weighted by Crippen LogP contribution is 2.39. The van der Waals surface area contributed by atoms with Crippen LogP contribution in [-0.4, -0.2) is 78.3 Å². The molecule has 0 amide bonds. The molecular formula is C22H33N3O. The zero-order valence-electron chi connectivity index (χ0n) is 16.0. The van der Waals surface area contributed by atoms with Gasteiger partial charge in [0.15, 0.2) is 0 Å². The molecule has 4 fully saturated rings. The van der Waals surface area contributed by atoms with Crippen molar-refractivity contribution in [2.45, 2.75) is 56.3 Å². The molecular weight excluding hydrogens is 322 g/mol. The largest absolute Gasteiger partial charge is 0.378 e. The maximum atomic E-state index is 5.86. The molecule has 4 nitrogen and oxygen atoms in total. The first-order valence-corrected chi connectivity index (χ1v) is 10.7. The number of morpholine rings is 1. The zero-order valence-corrected chi connectivity index (χ0v) is 16.0. The van der Waals surface area contributed by atoms with Crippen molar-refractivity contribution in [1.82, 2.24) is 14.7 Å². The van der Waals surface area contributed by atoms with Crippen molar-refractivity contribution in [3.05, 3.63) is 35.9 Å². The Balaban J connectivity index is 1.30. The average molecular weight is 356 g/mol. The summed E-state index contributed by atoms with van der Waals surface area (Å²) in [7, 11) is 0. The third-order valence-electron chi connectivity index (χ3n) is 7.16. The molecule has 1 atom stereocenters. The fraction of sp³-hybridized carbons (Fsp3) is 0.727. The second-order valence-electron chi connectivity index (χ2n) is 9.00. The highest BCUT2D eigenvalue weighted by molar-refractivity contribution is 5.17. The van der Waals surface area contributed by atoms with Gasteiger partial charge in [-0.15, -0.1) is 0 Å². The summed E-state index contributed by atoms with van der Waals surface area (Å²) in [4.78, 5) is 8.33. The van der Waals surface area contributed by atoms with E-state index >= 15 is 0 Å². The van der Waals surface area contributed by atoms with E-state index in [4.69, 9.17) is 4.74 Å². The monoisotopic (exact) mass is 355 g/mol. The van der Waals surface area contributed by atoms with Gasteiger partial charge < -0.3 is 4.74 Å². The minimum Gasteiger partial charge on any atom is -0.378 e. The molecule has 142 valence electrons. The standard InChI is InChI=1S/C22H33N3O/c1-3-7-19(8-4-1)13-23-14-21-15-26-12-11-25(21)22(16-23)17-24(18-22)20-9-5-2-6-10-20/h1,3-4,7-8,20-21H,2,5-6,9-18H2. The van der Waals surface area contributed by atoms with Crippen LogP contribution in [0.1, 0.15) is 37.7 Å². The van der Waals surface area contributed by atoms with Gasteiger partial charge in [0, 0.05) is 51.4 Å². The van der Waals surface area contributed by atoms with Crippen LogP contribution in [0.3, 0.4) is 0 Å². The van der Waals surface area contributed by atoms with E-state index < -0.39 is 0 Å².